The van der Waals surface area contributed by atoms with Gasteiger partial charge in [-0.2, -0.15) is 18.4 Å². The van der Waals surface area contributed by atoms with E-state index in [9.17, 15) is 28.0 Å². The average molecular weight is 611 g/mol. The fourth-order valence-electron chi connectivity index (χ4n) is 3.44. The summed E-state index contributed by atoms with van der Waals surface area (Å²) < 4.78 is 42.6. The summed E-state index contributed by atoms with van der Waals surface area (Å²) in [6.45, 7) is 0. The minimum atomic E-state index is -4.81. The van der Waals surface area contributed by atoms with Crippen molar-refractivity contribution >= 4 is 61.1 Å². The standard InChI is InChI=1S/C23H12Br2F3N3O2S/c24-13-6-7-18(16(25)8-13)31-20(32)10-19(22(31)33)34-21-14(11-29)15(23(26,27)28)9-17(30-21)12-4-2-1-3-5-12/h1-9,19H,10H2. The molecule has 0 radical (unpaired) electrons. The summed E-state index contributed by atoms with van der Waals surface area (Å²) in [4.78, 5) is 31.1. The largest absolute Gasteiger partial charge is 0.417 e. The van der Waals surface area contributed by atoms with Gasteiger partial charge in [-0.1, -0.05) is 58.0 Å². The molecule has 0 saturated carbocycles. The van der Waals surface area contributed by atoms with Crippen molar-refractivity contribution in [2.75, 3.05) is 4.90 Å². The van der Waals surface area contributed by atoms with E-state index in [2.05, 4.69) is 36.8 Å². The molecule has 5 nitrogen and oxygen atoms in total. The number of hydrogen-bond donors (Lipinski definition) is 0. The Labute approximate surface area is 213 Å². The van der Waals surface area contributed by atoms with Crippen molar-refractivity contribution in [3.05, 3.63) is 74.7 Å². The quantitative estimate of drug-likeness (QED) is 0.312. The minimum absolute atomic E-state index is 0.0127. The molecule has 1 fully saturated rings. The first-order chi connectivity index (χ1) is 16.1. The maximum atomic E-state index is 13.8. The third-order valence-electron chi connectivity index (χ3n) is 4.98. The maximum absolute atomic E-state index is 13.8. The second kappa shape index (κ2) is 9.52. The van der Waals surface area contributed by atoms with Crippen LogP contribution in [0.2, 0.25) is 0 Å². The van der Waals surface area contributed by atoms with Gasteiger partial charge in [0.15, 0.2) is 0 Å². The van der Waals surface area contributed by atoms with Crippen molar-refractivity contribution in [2.45, 2.75) is 22.9 Å². The SMILES string of the molecule is N#Cc1c(C(F)(F)F)cc(-c2ccccc2)nc1SC1CC(=O)N(c2ccc(Br)cc2Br)C1=O. The van der Waals surface area contributed by atoms with Gasteiger partial charge < -0.3 is 0 Å². The lowest BCUT2D eigenvalue weighted by Crippen LogP contribution is -2.31. The summed E-state index contributed by atoms with van der Waals surface area (Å²) in [5, 5.41) is 8.25. The molecule has 0 bridgehead atoms. The molecule has 0 aliphatic carbocycles. The summed E-state index contributed by atoms with van der Waals surface area (Å²) >= 11 is 7.32. The van der Waals surface area contributed by atoms with Crippen LogP contribution in [0.4, 0.5) is 18.9 Å². The number of thioether (sulfide) groups is 1. The zero-order valence-electron chi connectivity index (χ0n) is 16.9. The van der Waals surface area contributed by atoms with Gasteiger partial charge in [-0.05, 0) is 40.2 Å². The number of halogens is 5. The normalized spacial score (nSPS) is 16.1. The number of nitrogens with zero attached hydrogens (tertiary/aromatic N) is 3. The van der Waals surface area contributed by atoms with Crippen molar-refractivity contribution in [3.63, 3.8) is 0 Å². The Morgan fingerprint density at radius 1 is 1.09 bits per heavy atom. The number of carbonyl (C=O) groups is 2. The fourth-order valence-corrected chi connectivity index (χ4v) is 5.79. The molecule has 2 aromatic carbocycles. The molecule has 4 rings (SSSR count). The van der Waals surface area contributed by atoms with Gasteiger partial charge in [-0.15, -0.1) is 0 Å². The molecule has 1 aromatic heterocycles. The molecule has 2 heterocycles. The molecule has 0 N–H and O–H groups in total. The predicted octanol–water partition coefficient (Wildman–Crippen LogP) is 6.59. The topological polar surface area (TPSA) is 74.1 Å². The smallest absolute Gasteiger partial charge is 0.274 e. The number of alkyl halides is 3. The number of hydrogen-bond acceptors (Lipinski definition) is 5. The van der Waals surface area contributed by atoms with E-state index in [1.807, 2.05) is 0 Å². The highest BCUT2D eigenvalue weighted by molar-refractivity contribution is 9.11. The van der Waals surface area contributed by atoms with E-state index < -0.39 is 34.4 Å². The first-order valence-electron chi connectivity index (χ1n) is 9.66. The van der Waals surface area contributed by atoms with E-state index in [0.717, 1.165) is 15.4 Å². The van der Waals surface area contributed by atoms with Crippen LogP contribution in [0.1, 0.15) is 17.5 Å². The Hall–Kier alpha value is -2.68. The van der Waals surface area contributed by atoms with Crippen LogP contribution in [0.15, 0.2) is 68.6 Å². The molecule has 3 aromatic rings. The average Bonchev–Trinajstić information content (AvgIpc) is 3.06. The van der Waals surface area contributed by atoms with Gasteiger partial charge in [0.25, 0.3) is 0 Å². The highest BCUT2D eigenvalue weighted by Gasteiger charge is 2.43. The second-order valence-corrected chi connectivity index (χ2v) is 10.1. The molecule has 1 unspecified atom stereocenters. The van der Waals surface area contributed by atoms with Crippen LogP contribution in [0.3, 0.4) is 0 Å². The number of nitriles is 1. The summed E-state index contributed by atoms with van der Waals surface area (Å²) in [6, 6.07) is 15.5. The summed E-state index contributed by atoms with van der Waals surface area (Å²) in [6.07, 6.45) is -5.05. The Bertz CT molecular complexity index is 1340. The summed E-state index contributed by atoms with van der Waals surface area (Å²) in [5.41, 5.74) is -1.06. The van der Waals surface area contributed by atoms with Crippen LogP contribution in [0, 0.1) is 11.3 Å². The van der Waals surface area contributed by atoms with Crippen LogP contribution in [-0.4, -0.2) is 22.0 Å². The molecule has 0 spiro atoms. The molecule has 172 valence electrons. The lowest BCUT2D eigenvalue weighted by atomic mass is 10.1. The van der Waals surface area contributed by atoms with E-state index in [1.165, 1.54) is 0 Å². The number of amides is 2. The van der Waals surface area contributed by atoms with Crippen LogP contribution in [0.5, 0.6) is 0 Å². The first-order valence-corrected chi connectivity index (χ1v) is 12.1. The Balaban J connectivity index is 1.75. The molecule has 34 heavy (non-hydrogen) atoms. The third kappa shape index (κ3) is 4.76. The van der Waals surface area contributed by atoms with Crippen molar-refractivity contribution in [1.82, 2.24) is 4.98 Å². The molecular weight excluding hydrogens is 599 g/mol. The van der Waals surface area contributed by atoms with Crippen molar-refractivity contribution in [3.8, 4) is 17.3 Å². The molecular formula is C23H12Br2F3N3O2S. The predicted molar refractivity (Wildman–Crippen MR) is 128 cm³/mol. The van der Waals surface area contributed by atoms with Gasteiger partial charge in [-0.3, -0.25) is 9.59 Å². The van der Waals surface area contributed by atoms with Crippen LogP contribution in [-0.2, 0) is 15.8 Å². The van der Waals surface area contributed by atoms with E-state index in [4.69, 9.17) is 0 Å². The summed E-state index contributed by atoms with van der Waals surface area (Å²) in [7, 11) is 0. The molecule has 1 atom stereocenters. The Morgan fingerprint density at radius 2 is 1.79 bits per heavy atom. The van der Waals surface area contributed by atoms with Crippen LogP contribution >= 0.6 is 43.6 Å². The van der Waals surface area contributed by atoms with E-state index in [0.29, 0.717) is 27.5 Å². The van der Waals surface area contributed by atoms with Crippen molar-refractivity contribution in [2.24, 2.45) is 0 Å². The second-order valence-electron chi connectivity index (χ2n) is 7.18. The van der Waals surface area contributed by atoms with Gasteiger partial charge in [0.1, 0.15) is 11.1 Å². The van der Waals surface area contributed by atoms with Crippen molar-refractivity contribution < 1.29 is 22.8 Å². The molecule has 1 aliphatic rings. The lowest BCUT2D eigenvalue weighted by molar-refractivity contribution is -0.138. The number of imide groups is 1. The van der Waals surface area contributed by atoms with Gasteiger partial charge in [0.05, 0.1) is 27.8 Å². The monoisotopic (exact) mass is 609 g/mol. The molecule has 1 aliphatic heterocycles. The lowest BCUT2D eigenvalue weighted by Gasteiger charge is -2.18. The van der Waals surface area contributed by atoms with Gasteiger partial charge in [0.2, 0.25) is 11.8 Å². The first kappa shape index (κ1) is 24.4. The Kier molecular flexibility index (Phi) is 6.85. The molecule has 1 saturated heterocycles. The Morgan fingerprint density at radius 3 is 2.41 bits per heavy atom. The van der Waals surface area contributed by atoms with E-state index >= 15 is 0 Å². The van der Waals surface area contributed by atoms with Gasteiger partial charge in [-0.25, -0.2) is 9.88 Å². The molecule has 2 amide bonds. The van der Waals surface area contributed by atoms with Crippen LogP contribution < -0.4 is 4.90 Å². The zero-order valence-corrected chi connectivity index (χ0v) is 20.9. The van der Waals surface area contributed by atoms with E-state index in [-0.39, 0.29) is 17.1 Å². The third-order valence-corrected chi connectivity index (χ3v) is 7.28. The number of carbonyl (C=O) groups excluding carboxylic acids is 2. The minimum Gasteiger partial charge on any atom is -0.274 e. The van der Waals surface area contributed by atoms with Crippen molar-refractivity contribution in [1.29, 1.82) is 5.26 Å². The van der Waals surface area contributed by atoms with Gasteiger partial charge >= 0.3 is 6.18 Å². The highest BCUT2D eigenvalue weighted by Crippen LogP contribution is 2.42. The van der Waals surface area contributed by atoms with Crippen LogP contribution in [0.25, 0.3) is 11.3 Å². The van der Waals surface area contributed by atoms with Gasteiger partial charge in [0, 0.05) is 20.9 Å². The van der Waals surface area contributed by atoms with E-state index in [1.54, 1.807) is 54.6 Å². The zero-order chi connectivity index (χ0) is 24.6. The highest BCUT2D eigenvalue weighted by atomic mass is 79.9. The number of aromatic nitrogens is 1. The number of pyridine rings is 1. The maximum Gasteiger partial charge on any atom is 0.417 e. The number of benzene rings is 2. The number of anilines is 1. The molecule has 11 heteroatoms. The summed E-state index contributed by atoms with van der Waals surface area (Å²) in [5.74, 6) is -1.10. The number of rotatable bonds is 4. The fraction of sp³-hybridized carbons (Fsp3) is 0.130.